The summed E-state index contributed by atoms with van der Waals surface area (Å²) in [6, 6.07) is 9.39. The van der Waals surface area contributed by atoms with Gasteiger partial charge in [-0.25, -0.2) is 4.68 Å². The molecule has 0 saturated carbocycles. The summed E-state index contributed by atoms with van der Waals surface area (Å²) in [5.74, 6) is -0.0725. The first-order valence-electron chi connectivity index (χ1n) is 7.33. The molecule has 0 aliphatic rings. The van der Waals surface area contributed by atoms with Gasteiger partial charge >= 0.3 is 0 Å². The predicted molar refractivity (Wildman–Crippen MR) is 102 cm³/mol. The lowest BCUT2D eigenvalue weighted by atomic mass is 10.3. The van der Waals surface area contributed by atoms with Crippen molar-refractivity contribution < 1.29 is 4.79 Å². The van der Waals surface area contributed by atoms with Gasteiger partial charge in [-0.1, -0.05) is 17.7 Å². The van der Waals surface area contributed by atoms with Crippen molar-refractivity contribution in [3.05, 3.63) is 45.9 Å². The molecule has 3 N–H and O–H groups in total. The molecule has 2 heterocycles. The number of nitrogens with zero attached hydrogens (tertiary/aromatic N) is 2. The fourth-order valence-electron chi connectivity index (χ4n) is 2.33. The van der Waals surface area contributed by atoms with Gasteiger partial charge in [-0.2, -0.15) is 5.10 Å². The molecule has 0 unspecified atom stereocenters. The maximum absolute atomic E-state index is 12.2. The highest BCUT2D eigenvalue weighted by molar-refractivity contribution is 7.20. The van der Waals surface area contributed by atoms with Gasteiger partial charge < -0.3 is 11.1 Å². The van der Waals surface area contributed by atoms with Gasteiger partial charge in [-0.3, -0.25) is 4.79 Å². The zero-order chi connectivity index (χ0) is 16.4. The number of nitrogens with one attached hydrogen (secondary N) is 1. The number of rotatable bonds is 5. The Balaban J connectivity index is 0.00000208. The Morgan fingerprint density at radius 3 is 2.92 bits per heavy atom. The van der Waals surface area contributed by atoms with Gasteiger partial charge in [-0.05, 0) is 44.2 Å². The van der Waals surface area contributed by atoms with Crippen molar-refractivity contribution in [1.29, 1.82) is 0 Å². The average molecular weight is 385 g/mol. The van der Waals surface area contributed by atoms with Gasteiger partial charge in [0.05, 0.1) is 16.3 Å². The molecule has 0 atom stereocenters. The van der Waals surface area contributed by atoms with Crippen LogP contribution >= 0.6 is 35.3 Å². The van der Waals surface area contributed by atoms with Gasteiger partial charge in [-0.15, -0.1) is 23.7 Å². The minimum atomic E-state index is -0.0725. The molecular formula is C16H18Cl2N4OS. The Labute approximate surface area is 155 Å². The van der Waals surface area contributed by atoms with E-state index in [1.165, 1.54) is 11.3 Å². The summed E-state index contributed by atoms with van der Waals surface area (Å²) in [6.45, 7) is 3.09. The van der Waals surface area contributed by atoms with Crippen molar-refractivity contribution in [3.8, 4) is 5.69 Å². The number of aromatic nitrogens is 2. The molecule has 128 valence electrons. The van der Waals surface area contributed by atoms with Gasteiger partial charge in [0, 0.05) is 17.0 Å². The van der Waals surface area contributed by atoms with Crippen LogP contribution in [-0.4, -0.2) is 28.8 Å². The molecule has 0 aliphatic heterocycles. The van der Waals surface area contributed by atoms with Gasteiger partial charge in [0.1, 0.15) is 4.83 Å². The van der Waals surface area contributed by atoms with Crippen LogP contribution in [0.2, 0.25) is 5.02 Å². The van der Waals surface area contributed by atoms with Crippen LogP contribution in [0.15, 0.2) is 30.3 Å². The van der Waals surface area contributed by atoms with Gasteiger partial charge in [0.2, 0.25) is 0 Å². The lowest BCUT2D eigenvalue weighted by molar-refractivity contribution is 0.0957. The van der Waals surface area contributed by atoms with E-state index in [-0.39, 0.29) is 18.3 Å². The van der Waals surface area contributed by atoms with Crippen molar-refractivity contribution in [1.82, 2.24) is 15.1 Å². The maximum atomic E-state index is 12.2. The second-order valence-electron chi connectivity index (χ2n) is 5.20. The van der Waals surface area contributed by atoms with E-state index in [2.05, 4.69) is 10.4 Å². The smallest absolute Gasteiger partial charge is 0.261 e. The molecule has 24 heavy (non-hydrogen) atoms. The molecule has 5 nitrogen and oxygen atoms in total. The van der Waals surface area contributed by atoms with E-state index in [1.54, 1.807) is 0 Å². The Kier molecular flexibility index (Phi) is 6.23. The minimum Gasteiger partial charge on any atom is -0.351 e. The monoisotopic (exact) mass is 384 g/mol. The summed E-state index contributed by atoms with van der Waals surface area (Å²) in [4.78, 5) is 13.8. The Bertz CT molecular complexity index is 859. The second-order valence-corrected chi connectivity index (χ2v) is 6.67. The van der Waals surface area contributed by atoms with Crippen LogP contribution in [0.4, 0.5) is 0 Å². The standard InChI is InChI=1S/C16H17ClN4OS.ClH/c1-10-13-9-14(15(22)19-7-3-6-18)23-16(13)21(20-10)12-5-2-4-11(17)8-12;/h2,4-5,8-9H,3,6-7,18H2,1H3,(H,19,22);1H. The number of aryl methyl sites for hydroxylation is 1. The van der Waals surface area contributed by atoms with Crippen LogP contribution in [0.25, 0.3) is 15.9 Å². The summed E-state index contributed by atoms with van der Waals surface area (Å²) in [5.41, 5.74) is 7.21. The molecule has 8 heteroatoms. The van der Waals surface area contributed by atoms with E-state index in [0.29, 0.717) is 23.0 Å². The van der Waals surface area contributed by atoms with E-state index < -0.39 is 0 Å². The van der Waals surface area contributed by atoms with E-state index in [4.69, 9.17) is 17.3 Å². The SMILES string of the molecule is Cc1nn(-c2cccc(Cl)c2)c2sc(C(=O)NCCCN)cc12.Cl. The van der Waals surface area contributed by atoms with Crippen molar-refractivity contribution in [2.75, 3.05) is 13.1 Å². The van der Waals surface area contributed by atoms with E-state index in [0.717, 1.165) is 28.0 Å². The highest BCUT2D eigenvalue weighted by Crippen LogP contribution is 2.30. The average Bonchev–Trinajstić information content (AvgIpc) is 3.08. The Hall–Kier alpha value is -1.60. The number of nitrogens with two attached hydrogens (primary N) is 1. The lowest BCUT2D eigenvalue weighted by Crippen LogP contribution is -2.25. The quantitative estimate of drug-likeness (QED) is 0.660. The predicted octanol–water partition coefficient (Wildman–Crippen LogP) is 3.55. The Morgan fingerprint density at radius 2 is 2.21 bits per heavy atom. The van der Waals surface area contributed by atoms with Crippen LogP contribution in [0, 0.1) is 6.92 Å². The number of halogens is 2. The number of thiophene rings is 1. The third-order valence-corrected chi connectivity index (χ3v) is 4.83. The zero-order valence-electron chi connectivity index (χ0n) is 13.1. The summed E-state index contributed by atoms with van der Waals surface area (Å²) < 4.78 is 1.83. The molecule has 0 spiro atoms. The summed E-state index contributed by atoms with van der Waals surface area (Å²) in [5, 5.41) is 9.07. The highest BCUT2D eigenvalue weighted by atomic mass is 35.5. The first kappa shape index (κ1) is 18.7. The molecule has 0 fully saturated rings. The first-order chi connectivity index (χ1) is 11.1. The molecule has 2 aromatic heterocycles. The summed E-state index contributed by atoms with van der Waals surface area (Å²) in [6.07, 6.45) is 0.770. The molecular weight excluding hydrogens is 367 g/mol. The van der Waals surface area contributed by atoms with Crippen LogP contribution in [-0.2, 0) is 0 Å². The lowest BCUT2D eigenvalue weighted by Gasteiger charge is -2.03. The molecule has 0 radical (unpaired) electrons. The molecule has 0 saturated heterocycles. The molecule has 3 rings (SSSR count). The third-order valence-electron chi connectivity index (χ3n) is 3.49. The van der Waals surface area contributed by atoms with Gasteiger partial charge in [0.15, 0.2) is 0 Å². The van der Waals surface area contributed by atoms with Crippen molar-refractivity contribution in [2.24, 2.45) is 5.73 Å². The largest absolute Gasteiger partial charge is 0.351 e. The zero-order valence-corrected chi connectivity index (χ0v) is 15.5. The highest BCUT2D eigenvalue weighted by Gasteiger charge is 2.17. The normalized spacial score (nSPS) is 10.6. The van der Waals surface area contributed by atoms with E-state index in [1.807, 2.05) is 41.9 Å². The number of carbonyl (C=O) groups excluding carboxylic acids is 1. The number of hydrogen-bond acceptors (Lipinski definition) is 4. The summed E-state index contributed by atoms with van der Waals surface area (Å²) >= 11 is 7.49. The van der Waals surface area contributed by atoms with Crippen LogP contribution in [0.5, 0.6) is 0 Å². The first-order valence-corrected chi connectivity index (χ1v) is 8.53. The van der Waals surface area contributed by atoms with Crippen molar-refractivity contribution in [3.63, 3.8) is 0 Å². The number of amides is 1. The third kappa shape index (κ3) is 3.72. The number of hydrogen-bond donors (Lipinski definition) is 2. The minimum absolute atomic E-state index is 0. The van der Waals surface area contributed by atoms with Crippen LogP contribution in [0.3, 0.4) is 0 Å². The molecule has 3 aromatic rings. The molecule has 0 aliphatic carbocycles. The molecule has 1 amide bonds. The fraction of sp³-hybridized carbons (Fsp3) is 0.250. The maximum Gasteiger partial charge on any atom is 0.261 e. The molecule has 0 bridgehead atoms. The van der Waals surface area contributed by atoms with Crippen LogP contribution in [0.1, 0.15) is 21.8 Å². The Morgan fingerprint density at radius 1 is 1.42 bits per heavy atom. The van der Waals surface area contributed by atoms with E-state index in [9.17, 15) is 4.79 Å². The fourth-order valence-corrected chi connectivity index (χ4v) is 3.62. The van der Waals surface area contributed by atoms with Crippen molar-refractivity contribution >= 4 is 51.5 Å². The number of fused-ring (bicyclic) bond motifs is 1. The van der Waals surface area contributed by atoms with Gasteiger partial charge in [0.25, 0.3) is 5.91 Å². The number of carbonyl (C=O) groups is 1. The van der Waals surface area contributed by atoms with Crippen molar-refractivity contribution in [2.45, 2.75) is 13.3 Å². The van der Waals surface area contributed by atoms with Crippen LogP contribution < -0.4 is 11.1 Å². The summed E-state index contributed by atoms with van der Waals surface area (Å²) in [7, 11) is 0. The van der Waals surface area contributed by atoms with E-state index >= 15 is 0 Å². The molecule has 1 aromatic carbocycles. The second kappa shape index (κ2) is 7.98. The topological polar surface area (TPSA) is 72.9 Å². The number of benzene rings is 1.